The van der Waals surface area contributed by atoms with Crippen LogP contribution in [0.5, 0.6) is 0 Å². The van der Waals surface area contributed by atoms with Gasteiger partial charge in [-0.1, -0.05) is 17.7 Å². The normalized spacial score (nSPS) is 13.8. The maximum absolute atomic E-state index is 12.3. The van der Waals surface area contributed by atoms with Crippen LogP contribution in [-0.2, 0) is 19.6 Å². The summed E-state index contributed by atoms with van der Waals surface area (Å²) in [7, 11) is -3.76. The first-order valence-electron chi connectivity index (χ1n) is 6.75. The van der Waals surface area contributed by atoms with Gasteiger partial charge in [-0.15, -0.1) is 0 Å². The van der Waals surface area contributed by atoms with E-state index in [0.717, 1.165) is 5.56 Å². The lowest BCUT2D eigenvalue weighted by Crippen LogP contribution is -2.42. The van der Waals surface area contributed by atoms with Crippen molar-refractivity contribution >= 4 is 16.0 Å². The summed E-state index contributed by atoms with van der Waals surface area (Å²) in [5.74, 6) is -0.601. The number of ether oxygens (including phenoxy) is 1. The van der Waals surface area contributed by atoms with Crippen molar-refractivity contribution in [1.82, 2.24) is 4.72 Å². The highest BCUT2D eigenvalue weighted by Crippen LogP contribution is 2.17. The number of rotatable bonds is 4. The summed E-state index contributed by atoms with van der Waals surface area (Å²) in [6.45, 7) is 10.3. The third-order valence-electron chi connectivity index (χ3n) is 2.71. The molecule has 0 heterocycles. The molecule has 0 aliphatic rings. The Hall–Kier alpha value is -1.40. The van der Waals surface area contributed by atoms with Crippen LogP contribution >= 0.6 is 0 Å². The van der Waals surface area contributed by atoms with E-state index >= 15 is 0 Å². The molecule has 0 spiro atoms. The predicted molar refractivity (Wildman–Crippen MR) is 81.5 cm³/mol. The molecule has 0 fully saturated rings. The zero-order valence-electron chi connectivity index (χ0n) is 13.4. The SMILES string of the molecule is Cc1ccc(S(=O)(=O)N[C@@H](C)C(=O)OC(C)(C)C)c(C)c1. The predicted octanol–water partition coefficient (Wildman–Crippen LogP) is 2.31. The minimum atomic E-state index is -3.76. The van der Waals surface area contributed by atoms with Gasteiger partial charge in [-0.2, -0.15) is 4.72 Å². The Kier molecular flexibility index (Phi) is 5.17. The number of aryl methyl sites for hydroxylation is 2. The first kappa shape index (κ1) is 17.7. The third kappa shape index (κ3) is 5.13. The molecule has 0 aromatic heterocycles. The number of benzene rings is 1. The van der Waals surface area contributed by atoms with Crippen molar-refractivity contribution in [3.8, 4) is 0 Å². The van der Waals surface area contributed by atoms with Gasteiger partial charge in [0, 0.05) is 0 Å². The van der Waals surface area contributed by atoms with Gasteiger partial charge in [0.2, 0.25) is 10.0 Å². The second kappa shape index (κ2) is 6.15. The van der Waals surface area contributed by atoms with Crippen LogP contribution in [0.2, 0.25) is 0 Å². The summed E-state index contributed by atoms with van der Waals surface area (Å²) >= 11 is 0. The van der Waals surface area contributed by atoms with Gasteiger partial charge in [-0.05, 0) is 53.2 Å². The van der Waals surface area contributed by atoms with Crippen LogP contribution in [0, 0.1) is 13.8 Å². The Labute approximate surface area is 126 Å². The monoisotopic (exact) mass is 313 g/mol. The second-order valence-corrected chi connectivity index (χ2v) is 7.83. The van der Waals surface area contributed by atoms with Crippen molar-refractivity contribution in [2.75, 3.05) is 0 Å². The van der Waals surface area contributed by atoms with Gasteiger partial charge in [-0.25, -0.2) is 8.42 Å². The molecule has 118 valence electrons. The van der Waals surface area contributed by atoms with E-state index in [1.165, 1.54) is 13.0 Å². The molecule has 5 nitrogen and oxygen atoms in total. The van der Waals surface area contributed by atoms with E-state index in [2.05, 4.69) is 4.72 Å². The van der Waals surface area contributed by atoms with Gasteiger partial charge in [0.15, 0.2) is 0 Å². The second-order valence-electron chi connectivity index (χ2n) is 6.15. The molecule has 6 heteroatoms. The van der Waals surface area contributed by atoms with Gasteiger partial charge in [0.1, 0.15) is 11.6 Å². The lowest BCUT2D eigenvalue weighted by atomic mass is 10.2. The molecule has 1 rings (SSSR count). The largest absolute Gasteiger partial charge is 0.459 e. The van der Waals surface area contributed by atoms with Crippen LogP contribution in [0.1, 0.15) is 38.8 Å². The van der Waals surface area contributed by atoms with Gasteiger partial charge in [-0.3, -0.25) is 4.79 Å². The Morgan fingerprint density at radius 1 is 1.24 bits per heavy atom. The van der Waals surface area contributed by atoms with Crippen molar-refractivity contribution in [2.45, 2.75) is 58.1 Å². The van der Waals surface area contributed by atoms with E-state index in [9.17, 15) is 13.2 Å². The molecule has 0 radical (unpaired) electrons. The molecule has 0 aliphatic carbocycles. The zero-order chi connectivity index (χ0) is 16.4. The van der Waals surface area contributed by atoms with Crippen LogP contribution < -0.4 is 4.72 Å². The molecule has 21 heavy (non-hydrogen) atoms. The summed E-state index contributed by atoms with van der Waals surface area (Å²) in [6, 6.07) is 4.09. The maximum Gasteiger partial charge on any atom is 0.324 e. The Bertz CT molecular complexity index is 630. The highest BCUT2D eigenvalue weighted by atomic mass is 32.2. The number of hydrogen-bond donors (Lipinski definition) is 1. The van der Waals surface area contributed by atoms with E-state index in [-0.39, 0.29) is 4.90 Å². The molecule has 1 aromatic rings. The van der Waals surface area contributed by atoms with Crippen LogP contribution in [0.4, 0.5) is 0 Å². The van der Waals surface area contributed by atoms with Gasteiger partial charge in [0.25, 0.3) is 0 Å². The fourth-order valence-corrected chi connectivity index (χ4v) is 3.25. The minimum Gasteiger partial charge on any atom is -0.459 e. The number of carbonyl (C=O) groups is 1. The lowest BCUT2D eigenvalue weighted by molar-refractivity contribution is -0.156. The zero-order valence-corrected chi connectivity index (χ0v) is 14.2. The van der Waals surface area contributed by atoms with Crippen molar-refractivity contribution < 1.29 is 17.9 Å². The molecule has 1 atom stereocenters. The molecule has 0 bridgehead atoms. The number of sulfonamides is 1. The van der Waals surface area contributed by atoms with E-state index in [1.54, 1.807) is 39.8 Å². The first-order chi connectivity index (χ1) is 9.42. The fourth-order valence-electron chi connectivity index (χ4n) is 1.84. The van der Waals surface area contributed by atoms with Crippen LogP contribution in [0.15, 0.2) is 23.1 Å². The summed E-state index contributed by atoms with van der Waals surface area (Å²) in [5, 5.41) is 0. The van der Waals surface area contributed by atoms with E-state index < -0.39 is 27.6 Å². The molecule has 0 aliphatic heterocycles. The average molecular weight is 313 g/mol. The van der Waals surface area contributed by atoms with Gasteiger partial charge < -0.3 is 4.74 Å². The van der Waals surface area contributed by atoms with Crippen molar-refractivity contribution in [3.63, 3.8) is 0 Å². The molecule has 0 saturated carbocycles. The van der Waals surface area contributed by atoms with Gasteiger partial charge >= 0.3 is 5.97 Å². The molecule has 0 saturated heterocycles. The summed E-state index contributed by atoms with van der Waals surface area (Å²) in [6.07, 6.45) is 0. The summed E-state index contributed by atoms with van der Waals surface area (Å²) in [4.78, 5) is 12.0. The minimum absolute atomic E-state index is 0.170. The average Bonchev–Trinajstić information content (AvgIpc) is 2.24. The van der Waals surface area contributed by atoms with E-state index in [0.29, 0.717) is 5.56 Å². The molecular formula is C15H23NO4S. The highest BCUT2D eigenvalue weighted by Gasteiger charge is 2.27. The highest BCUT2D eigenvalue weighted by molar-refractivity contribution is 7.89. The number of nitrogens with one attached hydrogen (secondary N) is 1. The lowest BCUT2D eigenvalue weighted by Gasteiger charge is -2.22. The number of carbonyl (C=O) groups excluding carboxylic acids is 1. The van der Waals surface area contributed by atoms with Crippen molar-refractivity contribution in [3.05, 3.63) is 29.3 Å². The molecule has 1 aromatic carbocycles. The first-order valence-corrected chi connectivity index (χ1v) is 8.23. The summed E-state index contributed by atoms with van der Waals surface area (Å²) < 4.78 is 32.2. The maximum atomic E-state index is 12.3. The van der Waals surface area contributed by atoms with Crippen LogP contribution in [-0.4, -0.2) is 26.0 Å². The number of hydrogen-bond acceptors (Lipinski definition) is 4. The fraction of sp³-hybridized carbons (Fsp3) is 0.533. The number of esters is 1. The smallest absolute Gasteiger partial charge is 0.324 e. The molecular weight excluding hydrogens is 290 g/mol. The molecule has 1 N–H and O–H groups in total. The Balaban J connectivity index is 2.92. The topological polar surface area (TPSA) is 72.5 Å². The quantitative estimate of drug-likeness (QED) is 0.866. The molecule has 0 unspecified atom stereocenters. The van der Waals surface area contributed by atoms with Crippen LogP contribution in [0.3, 0.4) is 0 Å². The van der Waals surface area contributed by atoms with Crippen molar-refractivity contribution in [2.24, 2.45) is 0 Å². The van der Waals surface area contributed by atoms with Crippen molar-refractivity contribution in [1.29, 1.82) is 0 Å². The van der Waals surface area contributed by atoms with E-state index in [4.69, 9.17) is 4.74 Å². The standard InChI is InChI=1S/C15H23NO4S/c1-10-7-8-13(11(2)9-10)21(18,19)16-12(3)14(17)20-15(4,5)6/h7-9,12,16H,1-6H3/t12-/m0/s1. The van der Waals surface area contributed by atoms with Crippen LogP contribution in [0.25, 0.3) is 0 Å². The third-order valence-corrected chi connectivity index (χ3v) is 4.41. The summed E-state index contributed by atoms with van der Waals surface area (Å²) in [5.41, 5.74) is 0.960. The Morgan fingerprint density at radius 3 is 2.29 bits per heavy atom. The Morgan fingerprint density at radius 2 is 1.81 bits per heavy atom. The molecule has 0 amide bonds. The van der Waals surface area contributed by atoms with E-state index in [1.807, 2.05) is 6.92 Å². The van der Waals surface area contributed by atoms with Gasteiger partial charge in [0.05, 0.1) is 4.90 Å².